The number of nitrogens with two attached hydrogens (primary N) is 1. The van der Waals surface area contributed by atoms with E-state index < -0.39 is 0 Å². The summed E-state index contributed by atoms with van der Waals surface area (Å²) in [5.74, 6) is 0. The van der Waals surface area contributed by atoms with Crippen LogP contribution in [0.15, 0.2) is 48.8 Å². The Labute approximate surface area is 103 Å². The van der Waals surface area contributed by atoms with E-state index in [-0.39, 0.29) is 6.04 Å². The largest absolute Gasteiger partial charge is 0.318 e. The van der Waals surface area contributed by atoms with Gasteiger partial charge in [0.05, 0.1) is 16.3 Å². The summed E-state index contributed by atoms with van der Waals surface area (Å²) in [6.45, 7) is 0. The van der Waals surface area contributed by atoms with Crippen LogP contribution in [0, 0.1) is 0 Å². The Kier molecular flexibility index (Phi) is 2.59. The van der Waals surface area contributed by atoms with Gasteiger partial charge in [-0.3, -0.25) is 4.98 Å². The third-order valence-electron chi connectivity index (χ3n) is 2.62. The molecule has 0 radical (unpaired) electrons. The van der Waals surface area contributed by atoms with E-state index in [0.717, 1.165) is 16.1 Å². The van der Waals surface area contributed by atoms with Crippen molar-refractivity contribution in [3.05, 3.63) is 59.4 Å². The predicted octanol–water partition coefficient (Wildman–Crippen LogP) is 2.74. The lowest BCUT2D eigenvalue weighted by atomic mass is 10.1. The smallest absolute Gasteiger partial charge is 0.115 e. The number of para-hydroxylation sites is 1. The van der Waals surface area contributed by atoms with Crippen molar-refractivity contribution in [2.75, 3.05) is 0 Å². The molecule has 1 atom stereocenters. The molecule has 1 aromatic carbocycles. The Bertz CT molecular complexity index is 600. The molecular formula is C13H11N3S. The first-order valence-corrected chi connectivity index (χ1v) is 6.17. The molecule has 3 aromatic rings. The molecule has 0 saturated carbocycles. The van der Waals surface area contributed by atoms with Gasteiger partial charge in [-0.2, -0.15) is 0 Å². The van der Waals surface area contributed by atoms with E-state index in [2.05, 4.69) is 16.0 Å². The zero-order valence-electron chi connectivity index (χ0n) is 9.08. The Hall–Kier alpha value is -1.78. The molecule has 0 saturated heterocycles. The number of hydrogen-bond donors (Lipinski definition) is 1. The van der Waals surface area contributed by atoms with Crippen molar-refractivity contribution in [2.45, 2.75) is 6.04 Å². The maximum atomic E-state index is 6.19. The molecule has 3 nitrogen and oxygen atoms in total. The van der Waals surface area contributed by atoms with Gasteiger partial charge in [0.15, 0.2) is 0 Å². The highest BCUT2D eigenvalue weighted by molar-refractivity contribution is 7.18. The van der Waals surface area contributed by atoms with Gasteiger partial charge in [0, 0.05) is 12.4 Å². The zero-order valence-corrected chi connectivity index (χ0v) is 9.89. The maximum Gasteiger partial charge on any atom is 0.115 e. The molecule has 0 amide bonds. The minimum absolute atomic E-state index is 0.193. The summed E-state index contributed by atoms with van der Waals surface area (Å²) in [4.78, 5) is 8.64. The first kappa shape index (κ1) is 10.4. The third-order valence-corrected chi connectivity index (χ3v) is 3.74. The van der Waals surface area contributed by atoms with Gasteiger partial charge in [0.25, 0.3) is 0 Å². The van der Waals surface area contributed by atoms with Crippen molar-refractivity contribution in [1.29, 1.82) is 0 Å². The summed E-state index contributed by atoms with van der Waals surface area (Å²) < 4.78 is 1.17. The lowest BCUT2D eigenvalue weighted by molar-refractivity contribution is 0.854. The first-order chi connectivity index (χ1) is 8.34. The SMILES string of the molecule is NC(c1cccnc1)c1nc2ccccc2s1. The second-order valence-corrected chi connectivity index (χ2v) is 4.85. The number of pyridine rings is 1. The van der Waals surface area contributed by atoms with E-state index in [0.29, 0.717) is 0 Å². The molecule has 0 aliphatic carbocycles. The molecule has 17 heavy (non-hydrogen) atoms. The van der Waals surface area contributed by atoms with Crippen LogP contribution in [0.1, 0.15) is 16.6 Å². The van der Waals surface area contributed by atoms with E-state index in [1.54, 1.807) is 23.7 Å². The number of fused-ring (bicyclic) bond motifs is 1. The zero-order chi connectivity index (χ0) is 11.7. The molecule has 0 aliphatic heterocycles. The van der Waals surface area contributed by atoms with Gasteiger partial charge in [0.2, 0.25) is 0 Å². The fourth-order valence-corrected chi connectivity index (χ4v) is 2.72. The standard InChI is InChI=1S/C13H11N3S/c14-12(9-4-3-7-15-8-9)13-16-10-5-1-2-6-11(10)17-13/h1-8,12H,14H2. The molecule has 1 unspecified atom stereocenters. The highest BCUT2D eigenvalue weighted by Crippen LogP contribution is 2.28. The molecule has 4 heteroatoms. The number of hydrogen-bond acceptors (Lipinski definition) is 4. The van der Waals surface area contributed by atoms with Crippen molar-refractivity contribution in [3.8, 4) is 0 Å². The minimum atomic E-state index is -0.193. The summed E-state index contributed by atoms with van der Waals surface area (Å²) in [5, 5.41) is 0.930. The molecule has 0 spiro atoms. The fourth-order valence-electron chi connectivity index (χ4n) is 1.73. The molecule has 0 aliphatic rings. The molecule has 84 valence electrons. The van der Waals surface area contributed by atoms with Crippen LogP contribution >= 0.6 is 11.3 Å². The lowest BCUT2D eigenvalue weighted by Crippen LogP contribution is -2.11. The second kappa shape index (κ2) is 4.24. The van der Waals surface area contributed by atoms with Crippen LogP contribution in [-0.2, 0) is 0 Å². The van der Waals surface area contributed by atoms with Crippen LogP contribution in [0.3, 0.4) is 0 Å². The summed E-state index contributed by atoms with van der Waals surface area (Å²) in [7, 11) is 0. The number of aromatic nitrogens is 2. The normalized spacial score (nSPS) is 12.8. The van der Waals surface area contributed by atoms with Crippen LogP contribution in [0.25, 0.3) is 10.2 Å². The van der Waals surface area contributed by atoms with Gasteiger partial charge < -0.3 is 5.73 Å². The molecule has 2 N–H and O–H groups in total. The number of rotatable bonds is 2. The van der Waals surface area contributed by atoms with E-state index in [1.807, 2.05) is 30.3 Å². The van der Waals surface area contributed by atoms with Crippen LogP contribution in [-0.4, -0.2) is 9.97 Å². The van der Waals surface area contributed by atoms with Gasteiger partial charge in [-0.1, -0.05) is 18.2 Å². The topological polar surface area (TPSA) is 51.8 Å². The fraction of sp³-hybridized carbons (Fsp3) is 0.0769. The summed E-state index contributed by atoms with van der Waals surface area (Å²) in [5.41, 5.74) is 8.19. The van der Waals surface area contributed by atoms with E-state index in [4.69, 9.17) is 5.73 Å². The van der Waals surface area contributed by atoms with Crippen molar-refractivity contribution >= 4 is 21.6 Å². The van der Waals surface area contributed by atoms with Crippen LogP contribution in [0.5, 0.6) is 0 Å². The van der Waals surface area contributed by atoms with Gasteiger partial charge >= 0.3 is 0 Å². The van der Waals surface area contributed by atoms with Gasteiger partial charge in [-0.25, -0.2) is 4.98 Å². The maximum absolute atomic E-state index is 6.19. The molecule has 2 aromatic heterocycles. The monoisotopic (exact) mass is 241 g/mol. The van der Waals surface area contributed by atoms with Crippen molar-refractivity contribution in [2.24, 2.45) is 5.73 Å². The number of nitrogens with zero attached hydrogens (tertiary/aromatic N) is 2. The molecular weight excluding hydrogens is 230 g/mol. The van der Waals surface area contributed by atoms with Crippen LogP contribution in [0.4, 0.5) is 0 Å². The Morgan fingerprint density at radius 1 is 1.12 bits per heavy atom. The lowest BCUT2D eigenvalue weighted by Gasteiger charge is -2.06. The van der Waals surface area contributed by atoms with Crippen molar-refractivity contribution in [3.63, 3.8) is 0 Å². The molecule has 0 bridgehead atoms. The minimum Gasteiger partial charge on any atom is -0.318 e. The van der Waals surface area contributed by atoms with Gasteiger partial charge in [-0.15, -0.1) is 11.3 Å². The average Bonchev–Trinajstić information content (AvgIpc) is 2.82. The molecule has 2 heterocycles. The summed E-state index contributed by atoms with van der Waals surface area (Å²) in [6, 6.07) is 11.7. The van der Waals surface area contributed by atoms with E-state index >= 15 is 0 Å². The Balaban J connectivity index is 2.04. The highest BCUT2D eigenvalue weighted by atomic mass is 32.1. The Morgan fingerprint density at radius 2 is 2.00 bits per heavy atom. The van der Waals surface area contributed by atoms with Gasteiger partial charge in [0.1, 0.15) is 5.01 Å². The molecule has 0 fully saturated rings. The van der Waals surface area contributed by atoms with Crippen molar-refractivity contribution in [1.82, 2.24) is 9.97 Å². The van der Waals surface area contributed by atoms with E-state index in [1.165, 1.54) is 4.70 Å². The van der Waals surface area contributed by atoms with E-state index in [9.17, 15) is 0 Å². The van der Waals surface area contributed by atoms with Crippen molar-refractivity contribution < 1.29 is 0 Å². The highest BCUT2D eigenvalue weighted by Gasteiger charge is 2.13. The second-order valence-electron chi connectivity index (χ2n) is 3.78. The number of benzene rings is 1. The number of thiazole rings is 1. The quantitative estimate of drug-likeness (QED) is 0.750. The first-order valence-electron chi connectivity index (χ1n) is 5.35. The predicted molar refractivity (Wildman–Crippen MR) is 69.9 cm³/mol. The average molecular weight is 241 g/mol. The Morgan fingerprint density at radius 3 is 2.76 bits per heavy atom. The molecule has 3 rings (SSSR count). The van der Waals surface area contributed by atoms with Gasteiger partial charge in [-0.05, 0) is 23.8 Å². The van der Waals surface area contributed by atoms with Crippen LogP contribution in [0.2, 0.25) is 0 Å². The third kappa shape index (κ3) is 1.92. The summed E-state index contributed by atoms with van der Waals surface area (Å²) >= 11 is 1.64. The summed E-state index contributed by atoms with van der Waals surface area (Å²) in [6.07, 6.45) is 3.53. The van der Waals surface area contributed by atoms with Crippen LogP contribution < -0.4 is 5.73 Å².